The minimum atomic E-state index is -4.68. The minimum absolute atomic E-state index is 0.0339. The summed E-state index contributed by atoms with van der Waals surface area (Å²) in [6, 6.07) is 4.79. The van der Waals surface area contributed by atoms with Crippen molar-refractivity contribution >= 4 is 18.7 Å². The van der Waals surface area contributed by atoms with Crippen molar-refractivity contribution in [2.75, 3.05) is 20.6 Å². The fourth-order valence-electron chi connectivity index (χ4n) is 1.81. The van der Waals surface area contributed by atoms with E-state index in [0.29, 0.717) is 16.5 Å². The van der Waals surface area contributed by atoms with Crippen molar-refractivity contribution in [3.05, 3.63) is 30.0 Å². The molecule has 0 aliphatic carbocycles. The Morgan fingerprint density at radius 1 is 1.47 bits per heavy atom. The van der Waals surface area contributed by atoms with Crippen LogP contribution in [0.1, 0.15) is 8.30 Å². The van der Waals surface area contributed by atoms with Gasteiger partial charge in [0.2, 0.25) is 0 Å². The molecule has 1 heterocycles. The molecular formula is C12H17N2O4P. The second-order valence-electron chi connectivity index (χ2n) is 4.30. The second kappa shape index (κ2) is 5.35. The number of phosphoric acid groups is 1. The summed E-state index contributed by atoms with van der Waals surface area (Å²) in [5.74, 6) is 0.0339. The lowest BCUT2D eigenvalue weighted by Crippen LogP contribution is -2.14. The zero-order valence-electron chi connectivity index (χ0n) is 12.6. The highest BCUT2D eigenvalue weighted by atomic mass is 31.2. The van der Waals surface area contributed by atoms with Crippen molar-refractivity contribution in [2.24, 2.45) is 0 Å². The summed E-state index contributed by atoms with van der Waals surface area (Å²) >= 11 is 0. The van der Waals surface area contributed by atoms with E-state index in [-0.39, 0.29) is 12.2 Å². The van der Waals surface area contributed by atoms with E-state index in [2.05, 4.69) is 4.98 Å². The average Bonchev–Trinajstić information content (AvgIpc) is 2.71. The van der Waals surface area contributed by atoms with Gasteiger partial charge in [-0.25, -0.2) is 4.57 Å². The Bertz CT molecular complexity index is 696. The molecule has 0 fully saturated rings. The SMILES string of the molecule is [2H]C([2H])(Cc1c[nH]c2cccc(OP(=O)(O)O)c12)N(C)C. The first kappa shape index (κ1) is 11.5. The number of hydrogen-bond donors (Lipinski definition) is 3. The van der Waals surface area contributed by atoms with Crippen molar-refractivity contribution in [1.29, 1.82) is 0 Å². The van der Waals surface area contributed by atoms with Crippen molar-refractivity contribution in [3.63, 3.8) is 0 Å². The van der Waals surface area contributed by atoms with Gasteiger partial charge in [-0.15, -0.1) is 0 Å². The Kier molecular flexibility index (Phi) is 3.23. The van der Waals surface area contributed by atoms with Gasteiger partial charge in [0.25, 0.3) is 0 Å². The summed E-state index contributed by atoms with van der Waals surface area (Å²) in [7, 11) is -1.42. The molecule has 0 bridgehead atoms. The van der Waals surface area contributed by atoms with Crippen molar-refractivity contribution in [3.8, 4) is 5.75 Å². The first-order chi connectivity index (χ1) is 9.60. The molecular weight excluding hydrogens is 267 g/mol. The first-order valence-electron chi connectivity index (χ1n) is 6.62. The third-order valence-corrected chi connectivity index (χ3v) is 2.99. The number of aryl methyl sites for hydroxylation is 1. The number of benzene rings is 1. The second-order valence-corrected chi connectivity index (χ2v) is 5.47. The molecule has 7 heteroatoms. The van der Waals surface area contributed by atoms with E-state index in [9.17, 15) is 4.57 Å². The van der Waals surface area contributed by atoms with E-state index >= 15 is 0 Å². The Morgan fingerprint density at radius 3 is 2.84 bits per heavy atom. The topological polar surface area (TPSA) is 85.8 Å². The normalized spacial score (nSPS) is 14.6. The lowest BCUT2D eigenvalue weighted by molar-refractivity contribution is 0.284. The molecule has 2 rings (SSSR count). The summed E-state index contributed by atoms with van der Waals surface area (Å²) in [6.45, 7) is -1.59. The zero-order chi connectivity index (χ0) is 15.8. The lowest BCUT2D eigenvalue weighted by atomic mass is 10.1. The van der Waals surface area contributed by atoms with Crippen molar-refractivity contribution in [2.45, 2.75) is 6.42 Å². The third-order valence-electron chi connectivity index (χ3n) is 2.55. The number of hydrogen-bond acceptors (Lipinski definition) is 3. The summed E-state index contributed by atoms with van der Waals surface area (Å²) in [5, 5.41) is 0.478. The number of nitrogens with zero attached hydrogens (tertiary/aromatic N) is 1. The fraction of sp³-hybridized carbons (Fsp3) is 0.333. The van der Waals surface area contributed by atoms with Crippen LogP contribution < -0.4 is 4.52 Å². The van der Waals surface area contributed by atoms with Crippen LogP contribution in [0.2, 0.25) is 0 Å². The smallest absolute Gasteiger partial charge is 0.404 e. The molecule has 0 radical (unpaired) electrons. The monoisotopic (exact) mass is 286 g/mol. The van der Waals surface area contributed by atoms with Crippen LogP contribution in [0, 0.1) is 0 Å². The highest BCUT2D eigenvalue weighted by molar-refractivity contribution is 7.46. The quantitative estimate of drug-likeness (QED) is 0.729. The number of aromatic nitrogens is 1. The lowest BCUT2D eigenvalue weighted by Gasteiger charge is -2.11. The number of nitrogens with one attached hydrogen (secondary N) is 1. The van der Waals surface area contributed by atoms with Gasteiger partial charge in [0.05, 0.1) is 0 Å². The highest BCUT2D eigenvalue weighted by Crippen LogP contribution is 2.41. The molecule has 0 saturated heterocycles. The van der Waals surface area contributed by atoms with Crippen LogP contribution in [-0.2, 0) is 11.0 Å². The van der Waals surface area contributed by atoms with Crippen LogP contribution >= 0.6 is 7.82 Å². The molecule has 1 aromatic carbocycles. The van der Waals surface area contributed by atoms with Gasteiger partial charge in [-0.1, -0.05) is 6.07 Å². The number of rotatable bonds is 5. The Morgan fingerprint density at radius 2 is 2.21 bits per heavy atom. The molecule has 6 nitrogen and oxygen atoms in total. The van der Waals surface area contributed by atoms with Gasteiger partial charge < -0.3 is 14.4 Å². The van der Waals surface area contributed by atoms with Crippen molar-refractivity contribution in [1.82, 2.24) is 9.88 Å². The average molecular weight is 286 g/mol. The zero-order valence-corrected chi connectivity index (χ0v) is 11.5. The summed E-state index contributed by atoms with van der Waals surface area (Å²) in [4.78, 5) is 22.4. The molecule has 0 aliphatic heterocycles. The van der Waals surface area contributed by atoms with Gasteiger partial charge >= 0.3 is 7.82 Å². The molecule has 0 unspecified atom stereocenters. The molecule has 3 N–H and O–H groups in total. The standard InChI is InChI=1S/C12H17N2O4P/c1-14(2)7-6-9-8-13-10-4-3-5-11(12(9)10)18-19(15,16)17/h3-5,8,13H,6-7H2,1-2H3,(H2,15,16,17)/i7D2. The van der Waals surface area contributed by atoms with E-state index < -0.39 is 14.3 Å². The van der Waals surface area contributed by atoms with E-state index in [1.54, 1.807) is 32.4 Å². The van der Waals surface area contributed by atoms with Gasteiger partial charge in [-0.3, -0.25) is 9.79 Å². The fourth-order valence-corrected chi connectivity index (χ4v) is 2.21. The van der Waals surface area contributed by atoms with E-state index in [0.717, 1.165) is 0 Å². The third kappa shape index (κ3) is 3.58. The number of H-pyrrole nitrogens is 1. The number of likely N-dealkylation sites (N-methyl/N-ethyl adjacent to an activating group) is 1. The molecule has 0 atom stereocenters. The van der Waals surface area contributed by atoms with Crippen LogP contribution in [0.15, 0.2) is 24.4 Å². The molecule has 104 valence electrons. The van der Waals surface area contributed by atoms with Gasteiger partial charge in [-0.05, 0) is 38.2 Å². The maximum absolute atomic E-state index is 11.1. The van der Waals surface area contributed by atoms with Crippen LogP contribution in [-0.4, -0.2) is 40.3 Å². The van der Waals surface area contributed by atoms with E-state index in [1.807, 2.05) is 0 Å². The van der Waals surface area contributed by atoms with Crippen LogP contribution in [0.4, 0.5) is 0 Å². The molecule has 2 aromatic rings. The van der Waals surface area contributed by atoms with Crippen LogP contribution in [0.25, 0.3) is 10.9 Å². The largest absolute Gasteiger partial charge is 0.524 e. The highest BCUT2D eigenvalue weighted by Gasteiger charge is 2.19. The molecule has 1 aromatic heterocycles. The predicted octanol–water partition coefficient (Wildman–Crippen LogP) is 1.74. The Balaban J connectivity index is 2.49. The van der Waals surface area contributed by atoms with E-state index in [1.165, 1.54) is 11.0 Å². The first-order valence-corrected chi connectivity index (χ1v) is 7.15. The molecule has 0 spiro atoms. The van der Waals surface area contributed by atoms with Crippen LogP contribution in [0.5, 0.6) is 5.75 Å². The van der Waals surface area contributed by atoms with Gasteiger partial charge in [0.15, 0.2) is 0 Å². The van der Waals surface area contributed by atoms with Gasteiger partial charge in [-0.2, -0.15) is 0 Å². The van der Waals surface area contributed by atoms with Crippen molar-refractivity contribution < 1.29 is 21.6 Å². The maximum atomic E-state index is 11.1. The van der Waals surface area contributed by atoms with Crippen LogP contribution in [0.3, 0.4) is 0 Å². The Labute approximate surface area is 114 Å². The number of phosphoric ester groups is 1. The number of aromatic amines is 1. The molecule has 19 heavy (non-hydrogen) atoms. The van der Waals surface area contributed by atoms with Gasteiger partial charge in [0.1, 0.15) is 5.75 Å². The summed E-state index contributed by atoms with van der Waals surface area (Å²) in [6.07, 6.45) is 1.68. The predicted molar refractivity (Wildman–Crippen MR) is 73.2 cm³/mol. The molecule has 0 amide bonds. The Hall–Kier alpha value is -1.33. The molecule has 0 aliphatic rings. The maximum Gasteiger partial charge on any atom is 0.524 e. The van der Waals surface area contributed by atoms with Gasteiger partial charge in [0, 0.05) is 26.3 Å². The number of fused-ring (bicyclic) bond motifs is 1. The minimum Gasteiger partial charge on any atom is -0.404 e. The van der Waals surface area contributed by atoms with E-state index in [4.69, 9.17) is 17.1 Å². The summed E-state index contributed by atoms with van der Waals surface area (Å²) in [5.41, 5.74) is 1.22. The summed E-state index contributed by atoms with van der Waals surface area (Å²) < 4.78 is 31.7. The molecule has 0 saturated carbocycles.